The lowest BCUT2D eigenvalue weighted by molar-refractivity contribution is -0.121. The number of nitrogens with zero attached hydrogens (tertiary/aromatic N) is 3. The van der Waals surface area contributed by atoms with E-state index in [1.54, 1.807) is 6.07 Å². The van der Waals surface area contributed by atoms with Gasteiger partial charge in [-0.1, -0.05) is 30.3 Å². The molecule has 0 aliphatic heterocycles. The first-order valence-corrected chi connectivity index (χ1v) is 9.61. The summed E-state index contributed by atoms with van der Waals surface area (Å²) in [5, 5.41) is 3.43. The Morgan fingerprint density at radius 1 is 1.14 bits per heavy atom. The Kier molecular flexibility index (Phi) is 6.42. The van der Waals surface area contributed by atoms with Crippen LogP contribution in [0.4, 0.5) is 5.69 Å². The molecule has 1 aromatic heterocycles. The summed E-state index contributed by atoms with van der Waals surface area (Å²) >= 11 is 0. The number of para-hydroxylation sites is 2. The van der Waals surface area contributed by atoms with Gasteiger partial charge >= 0.3 is 0 Å². The van der Waals surface area contributed by atoms with Crippen molar-refractivity contribution in [1.82, 2.24) is 14.9 Å². The molecule has 0 atom stereocenters. The van der Waals surface area contributed by atoms with E-state index in [1.807, 2.05) is 37.3 Å². The second-order valence-corrected chi connectivity index (χ2v) is 6.77. The van der Waals surface area contributed by atoms with Crippen molar-refractivity contribution in [2.75, 3.05) is 24.5 Å². The highest BCUT2D eigenvalue weighted by atomic mass is 16.2. The molecule has 2 aromatic carbocycles. The van der Waals surface area contributed by atoms with E-state index < -0.39 is 0 Å². The Bertz CT molecular complexity index is 998. The maximum atomic E-state index is 12.6. The van der Waals surface area contributed by atoms with Crippen LogP contribution in [0.2, 0.25) is 0 Å². The molecule has 0 radical (unpaired) electrons. The van der Waals surface area contributed by atoms with Crippen LogP contribution in [0.5, 0.6) is 0 Å². The Hall–Kier alpha value is -3.15. The number of hydrogen-bond acceptors (Lipinski definition) is 4. The second-order valence-electron chi connectivity index (χ2n) is 6.77. The van der Waals surface area contributed by atoms with Crippen LogP contribution in [0.25, 0.3) is 10.9 Å². The summed E-state index contributed by atoms with van der Waals surface area (Å²) in [6, 6.07) is 15.7. The largest absolute Gasteiger partial charge is 0.372 e. The highest BCUT2D eigenvalue weighted by Crippen LogP contribution is 2.13. The lowest BCUT2D eigenvalue weighted by Crippen LogP contribution is -2.34. The normalized spacial score (nSPS) is 10.8. The molecule has 3 aromatic rings. The number of carbonyl (C=O) groups excluding carboxylic acids is 1. The molecule has 1 amide bonds. The topological polar surface area (TPSA) is 67.2 Å². The molecule has 0 saturated carbocycles. The Balaban J connectivity index is 1.53. The average Bonchev–Trinajstić information content (AvgIpc) is 2.71. The summed E-state index contributed by atoms with van der Waals surface area (Å²) in [6.45, 7) is 6.35. The van der Waals surface area contributed by atoms with E-state index in [4.69, 9.17) is 0 Å². The van der Waals surface area contributed by atoms with E-state index in [0.717, 1.165) is 25.1 Å². The molecule has 0 bridgehead atoms. The van der Waals surface area contributed by atoms with Gasteiger partial charge in [0.2, 0.25) is 5.91 Å². The van der Waals surface area contributed by atoms with Crippen LogP contribution >= 0.6 is 0 Å². The fourth-order valence-electron chi connectivity index (χ4n) is 3.27. The highest BCUT2D eigenvalue weighted by molar-refractivity contribution is 5.81. The molecule has 0 spiro atoms. The lowest BCUT2D eigenvalue weighted by Gasteiger charge is -2.23. The summed E-state index contributed by atoms with van der Waals surface area (Å²) in [4.78, 5) is 31.4. The molecule has 1 N–H and O–H groups in total. The predicted octanol–water partition coefficient (Wildman–Crippen LogP) is 2.74. The van der Waals surface area contributed by atoms with Crippen molar-refractivity contribution in [3.05, 3.63) is 70.8 Å². The zero-order valence-electron chi connectivity index (χ0n) is 16.4. The molecule has 3 rings (SSSR count). The number of aryl methyl sites for hydroxylation is 1. The number of hydrogen-bond donors (Lipinski definition) is 1. The summed E-state index contributed by atoms with van der Waals surface area (Å²) in [5.41, 5.74) is 2.63. The van der Waals surface area contributed by atoms with Gasteiger partial charge in [-0.05, 0) is 44.0 Å². The van der Waals surface area contributed by atoms with Crippen molar-refractivity contribution in [2.45, 2.75) is 26.8 Å². The van der Waals surface area contributed by atoms with E-state index in [9.17, 15) is 9.59 Å². The molecule has 146 valence electrons. The van der Waals surface area contributed by atoms with Crippen molar-refractivity contribution in [1.29, 1.82) is 0 Å². The van der Waals surface area contributed by atoms with Gasteiger partial charge in [0.25, 0.3) is 5.56 Å². The summed E-state index contributed by atoms with van der Waals surface area (Å²) in [5.74, 6) is -0.182. The zero-order valence-corrected chi connectivity index (χ0v) is 16.4. The van der Waals surface area contributed by atoms with Crippen LogP contribution in [0.3, 0.4) is 0 Å². The average molecular weight is 378 g/mol. The van der Waals surface area contributed by atoms with Gasteiger partial charge in [0.05, 0.1) is 17.2 Å². The number of benzene rings is 2. The zero-order chi connectivity index (χ0) is 19.9. The van der Waals surface area contributed by atoms with Gasteiger partial charge in [-0.15, -0.1) is 0 Å². The van der Waals surface area contributed by atoms with Gasteiger partial charge in [-0.25, -0.2) is 4.98 Å². The molecular formula is C22H26N4O2. The van der Waals surface area contributed by atoms with Gasteiger partial charge in [0.15, 0.2) is 0 Å². The van der Waals surface area contributed by atoms with Crippen molar-refractivity contribution in [3.63, 3.8) is 0 Å². The smallest absolute Gasteiger partial charge is 0.261 e. The van der Waals surface area contributed by atoms with Crippen molar-refractivity contribution in [2.24, 2.45) is 0 Å². The number of aromatic nitrogens is 2. The molecule has 0 aliphatic rings. The fraction of sp³-hybridized carbons (Fsp3) is 0.318. The van der Waals surface area contributed by atoms with Gasteiger partial charge in [0.1, 0.15) is 6.54 Å². The van der Waals surface area contributed by atoms with Gasteiger partial charge in [-0.2, -0.15) is 0 Å². The first-order chi connectivity index (χ1) is 13.6. The number of rotatable bonds is 8. The quantitative estimate of drug-likeness (QED) is 0.612. The van der Waals surface area contributed by atoms with Crippen molar-refractivity contribution < 1.29 is 4.79 Å². The summed E-state index contributed by atoms with van der Waals surface area (Å²) in [7, 11) is 0. The van der Waals surface area contributed by atoms with Crippen LogP contribution in [0, 0.1) is 6.92 Å². The second kappa shape index (κ2) is 9.17. The summed E-state index contributed by atoms with van der Waals surface area (Å²) < 4.78 is 1.36. The lowest BCUT2D eigenvalue weighted by atomic mass is 10.1. The van der Waals surface area contributed by atoms with E-state index in [-0.39, 0.29) is 18.0 Å². The molecule has 0 saturated heterocycles. The van der Waals surface area contributed by atoms with E-state index in [1.165, 1.54) is 16.6 Å². The van der Waals surface area contributed by atoms with Gasteiger partial charge in [-0.3, -0.25) is 14.2 Å². The van der Waals surface area contributed by atoms with E-state index in [2.05, 4.69) is 34.3 Å². The Morgan fingerprint density at radius 3 is 2.68 bits per heavy atom. The van der Waals surface area contributed by atoms with Crippen molar-refractivity contribution in [3.8, 4) is 0 Å². The number of anilines is 1. The molecule has 1 heterocycles. The molecule has 0 unspecified atom stereocenters. The molecule has 6 heteroatoms. The predicted molar refractivity (Wildman–Crippen MR) is 113 cm³/mol. The maximum absolute atomic E-state index is 12.6. The molecule has 0 aliphatic carbocycles. The number of nitrogens with one attached hydrogen (secondary N) is 1. The first kappa shape index (κ1) is 19.6. The third-order valence-corrected chi connectivity index (χ3v) is 4.80. The SMILES string of the molecule is CCN(CCCNC(=O)Cn1cnc2c(C)cccc2c1=O)c1ccccc1. The Labute approximate surface area is 164 Å². The minimum atomic E-state index is -0.190. The molecular weight excluding hydrogens is 352 g/mol. The number of carbonyl (C=O) groups is 1. The number of amides is 1. The van der Waals surface area contributed by atoms with E-state index >= 15 is 0 Å². The summed E-state index contributed by atoms with van der Waals surface area (Å²) in [6.07, 6.45) is 2.28. The fourth-order valence-corrected chi connectivity index (χ4v) is 3.27. The van der Waals surface area contributed by atoms with Gasteiger partial charge in [0, 0.05) is 25.3 Å². The van der Waals surface area contributed by atoms with Crippen molar-refractivity contribution >= 4 is 22.5 Å². The third kappa shape index (κ3) is 4.57. The first-order valence-electron chi connectivity index (χ1n) is 9.61. The van der Waals surface area contributed by atoms with Crippen LogP contribution in [0.1, 0.15) is 18.9 Å². The maximum Gasteiger partial charge on any atom is 0.261 e. The van der Waals surface area contributed by atoms with Gasteiger partial charge < -0.3 is 10.2 Å². The monoisotopic (exact) mass is 378 g/mol. The molecule has 0 fully saturated rings. The van der Waals surface area contributed by atoms with E-state index in [0.29, 0.717) is 17.4 Å². The highest BCUT2D eigenvalue weighted by Gasteiger charge is 2.09. The third-order valence-electron chi connectivity index (χ3n) is 4.80. The number of fused-ring (bicyclic) bond motifs is 1. The standard InChI is InChI=1S/C22H26N4O2/c1-3-25(18-10-5-4-6-11-18)14-8-13-23-20(27)15-26-16-24-21-17(2)9-7-12-19(21)22(26)28/h4-7,9-12,16H,3,8,13-15H2,1-2H3,(H,23,27). The van der Waals surface area contributed by atoms with Crippen LogP contribution in [-0.2, 0) is 11.3 Å². The molecule has 28 heavy (non-hydrogen) atoms. The van der Waals surface area contributed by atoms with Crippen LogP contribution in [-0.4, -0.2) is 35.1 Å². The van der Waals surface area contributed by atoms with Crippen LogP contribution in [0.15, 0.2) is 59.7 Å². The van der Waals surface area contributed by atoms with Crippen LogP contribution < -0.4 is 15.8 Å². The minimum Gasteiger partial charge on any atom is -0.372 e. The minimum absolute atomic E-state index is 0.0219. The molecule has 6 nitrogen and oxygen atoms in total. The Morgan fingerprint density at radius 2 is 1.93 bits per heavy atom.